The van der Waals surface area contributed by atoms with Crippen molar-refractivity contribution in [3.8, 4) is 0 Å². The molecule has 3 nitrogen and oxygen atoms in total. The third-order valence-electron chi connectivity index (χ3n) is 4.26. The normalized spacial score (nSPS) is 29.6. The van der Waals surface area contributed by atoms with Gasteiger partial charge < -0.3 is 9.15 Å². The van der Waals surface area contributed by atoms with Crippen LogP contribution in [0.5, 0.6) is 0 Å². The molecule has 2 heterocycles. The minimum Gasteiger partial charge on any atom is -0.469 e. The predicted molar refractivity (Wildman–Crippen MR) is 67.1 cm³/mol. The van der Waals surface area contributed by atoms with E-state index in [1.54, 1.807) is 6.26 Å². The van der Waals surface area contributed by atoms with Gasteiger partial charge in [-0.15, -0.1) is 6.58 Å². The van der Waals surface area contributed by atoms with Crippen molar-refractivity contribution in [2.75, 3.05) is 0 Å². The fraction of sp³-hybridized carbons (Fsp3) is 0.533. The number of fused-ring (bicyclic) bond motifs is 2. The van der Waals surface area contributed by atoms with Gasteiger partial charge in [0.1, 0.15) is 11.9 Å². The molecule has 3 heteroatoms. The molecule has 2 aliphatic rings. The number of esters is 1. The highest BCUT2D eigenvalue weighted by Crippen LogP contribution is 2.41. The number of rotatable bonds is 3. The molecular weight excluding hydrogens is 228 g/mol. The third-order valence-corrected chi connectivity index (χ3v) is 4.26. The number of carbonyl (C=O) groups excluding carboxylic acids is 1. The van der Waals surface area contributed by atoms with Crippen molar-refractivity contribution >= 4 is 5.97 Å². The summed E-state index contributed by atoms with van der Waals surface area (Å²) < 4.78 is 11.1. The van der Waals surface area contributed by atoms with Crippen LogP contribution in [0.1, 0.15) is 29.7 Å². The largest absolute Gasteiger partial charge is 0.469 e. The molecule has 0 N–H and O–H groups in total. The number of allylic oxidation sites excluding steroid dienone is 1. The standard InChI is InChI=1S/C15H18O3/c1-3-4-5-13-11-7-14-10(9(2)8-17-14)6-12(11)15(16)18-13/h3,8,11-13H,1,4-7H2,2H3/t11?,12?,13-/m1/s1. The van der Waals surface area contributed by atoms with Crippen LogP contribution in [0.4, 0.5) is 0 Å². The molecule has 3 rings (SSSR count). The van der Waals surface area contributed by atoms with E-state index in [1.165, 1.54) is 5.56 Å². The van der Waals surface area contributed by atoms with Gasteiger partial charge in [0.2, 0.25) is 0 Å². The van der Waals surface area contributed by atoms with Gasteiger partial charge in [-0.25, -0.2) is 0 Å². The number of furan rings is 1. The van der Waals surface area contributed by atoms with Crippen molar-refractivity contribution in [1.29, 1.82) is 0 Å². The average Bonchev–Trinajstić information content (AvgIpc) is 2.88. The van der Waals surface area contributed by atoms with E-state index in [0.29, 0.717) is 0 Å². The van der Waals surface area contributed by atoms with Crippen LogP contribution in [-0.4, -0.2) is 12.1 Å². The number of carbonyl (C=O) groups is 1. The Labute approximate surface area is 107 Å². The van der Waals surface area contributed by atoms with Gasteiger partial charge in [0, 0.05) is 12.3 Å². The second kappa shape index (κ2) is 4.30. The molecule has 3 atom stereocenters. The lowest BCUT2D eigenvalue weighted by Gasteiger charge is -2.24. The molecule has 0 radical (unpaired) electrons. The summed E-state index contributed by atoms with van der Waals surface area (Å²) >= 11 is 0. The van der Waals surface area contributed by atoms with Crippen molar-refractivity contribution in [3.63, 3.8) is 0 Å². The topological polar surface area (TPSA) is 39.4 Å². The fourth-order valence-corrected chi connectivity index (χ4v) is 3.22. The van der Waals surface area contributed by atoms with Crippen LogP contribution in [0.2, 0.25) is 0 Å². The van der Waals surface area contributed by atoms with Gasteiger partial charge in [0.25, 0.3) is 0 Å². The number of ether oxygens (including phenoxy) is 1. The summed E-state index contributed by atoms with van der Waals surface area (Å²) in [4.78, 5) is 11.9. The summed E-state index contributed by atoms with van der Waals surface area (Å²) in [6, 6.07) is 0. The quantitative estimate of drug-likeness (QED) is 0.608. The smallest absolute Gasteiger partial charge is 0.309 e. The van der Waals surface area contributed by atoms with Crippen LogP contribution in [0, 0.1) is 18.8 Å². The lowest BCUT2D eigenvalue weighted by Crippen LogP contribution is -2.29. The summed E-state index contributed by atoms with van der Waals surface area (Å²) in [5.74, 6) is 1.34. The van der Waals surface area contributed by atoms with E-state index in [2.05, 4.69) is 6.58 Å². The molecule has 1 aliphatic carbocycles. The van der Waals surface area contributed by atoms with Crippen LogP contribution < -0.4 is 0 Å². The van der Waals surface area contributed by atoms with E-state index < -0.39 is 0 Å². The van der Waals surface area contributed by atoms with Gasteiger partial charge in [0.15, 0.2) is 0 Å². The van der Waals surface area contributed by atoms with E-state index >= 15 is 0 Å². The molecule has 0 aromatic carbocycles. The minimum absolute atomic E-state index is 0.0275. The summed E-state index contributed by atoms with van der Waals surface area (Å²) in [6.45, 7) is 5.76. The maximum absolute atomic E-state index is 11.9. The summed E-state index contributed by atoms with van der Waals surface area (Å²) in [7, 11) is 0. The molecule has 1 aliphatic heterocycles. The Morgan fingerprint density at radius 3 is 3.11 bits per heavy atom. The number of hydrogen-bond acceptors (Lipinski definition) is 3. The molecule has 0 saturated carbocycles. The highest BCUT2D eigenvalue weighted by atomic mass is 16.6. The molecule has 1 fully saturated rings. The Hall–Kier alpha value is -1.51. The van der Waals surface area contributed by atoms with Crippen molar-refractivity contribution < 1.29 is 13.9 Å². The van der Waals surface area contributed by atoms with E-state index in [4.69, 9.17) is 9.15 Å². The van der Waals surface area contributed by atoms with Crippen LogP contribution in [0.25, 0.3) is 0 Å². The molecule has 0 amide bonds. The highest BCUT2D eigenvalue weighted by Gasteiger charge is 2.47. The molecular formula is C15H18O3. The van der Waals surface area contributed by atoms with Crippen LogP contribution in [-0.2, 0) is 22.4 Å². The zero-order valence-electron chi connectivity index (χ0n) is 10.6. The van der Waals surface area contributed by atoms with Crippen molar-refractivity contribution in [3.05, 3.63) is 35.8 Å². The van der Waals surface area contributed by atoms with E-state index in [0.717, 1.165) is 37.0 Å². The van der Waals surface area contributed by atoms with Crippen LogP contribution in [0.15, 0.2) is 23.3 Å². The van der Waals surface area contributed by atoms with Gasteiger partial charge >= 0.3 is 5.97 Å². The first kappa shape index (κ1) is 11.6. The predicted octanol–water partition coefficient (Wildman–Crippen LogP) is 2.81. The average molecular weight is 246 g/mol. The van der Waals surface area contributed by atoms with Gasteiger partial charge in [-0.05, 0) is 37.3 Å². The highest BCUT2D eigenvalue weighted by molar-refractivity contribution is 5.76. The van der Waals surface area contributed by atoms with Crippen molar-refractivity contribution in [2.24, 2.45) is 11.8 Å². The molecule has 18 heavy (non-hydrogen) atoms. The number of cyclic esters (lactones) is 1. The maximum Gasteiger partial charge on any atom is 0.309 e. The van der Waals surface area contributed by atoms with E-state index in [-0.39, 0.29) is 23.9 Å². The van der Waals surface area contributed by atoms with Gasteiger partial charge in [-0.2, -0.15) is 0 Å². The first-order valence-electron chi connectivity index (χ1n) is 6.58. The minimum atomic E-state index is -0.0275. The SMILES string of the molecule is C=CCC[C@H]1OC(=O)C2Cc3c(C)coc3CC21. The molecule has 1 aromatic rings. The van der Waals surface area contributed by atoms with Crippen LogP contribution in [0.3, 0.4) is 0 Å². The zero-order valence-corrected chi connectivity index (χ0v) is 10.6. The molecule has 1 saturated heterocycles. The monoisotopic (exact) mass is 246 g/mol. The summed E-state index contributed by atoms with van der Waals surface area (Å²) in [5, 5.41) is 0. The number of aryl methyl sites for hydroxylation is 1. The van der Waals surface area contributed by atoms with E-state index in [1.807, 2.05) is 13.0 Å². The second-order valence-electron chi connectivity index (χ2n) is 5.34. The third kappa shape index (κ3) is 1.69. The fourth-order valence-electron chi connectivity index (χ4n) is 3.22. The summed E-state index contributed by atoms with van der Waals surface area (Å²) in [5.41, 5.74) is 2.38. The first-order chi connectivity index (χ1) is 8.70. The molecule has 0 spiro atoms. The lowest BCUT2D eigenvalue weighted by molar-refractivity contribution is -0.144. The first-order valence-corrected chi connectivity index (χ1v) is 6.58. The van der Waals surface area contributed by atoms with Crippen molar-refractivity contribution in [1.82, 2.24) is 0 Å². The number of hydrogen-bond donors (Lipinski definition) is 0. The summed E-state index contributed by atoms with van der Waals surface area (Å²) in [6.07, 6.45) is 7.12. The zero-order chi connectivity index (χ0) is 12.7. The van der Waals surface area contributed by atoms with Crippen LogP contribution >= 0.6 is 0 Å². The Morgan fingerprint density at radius 2 is 2.33 bits per heavy atom. The Balaban J connectivity index is 1.84. The Bertz CT molecular complexity index is 486. The molecule has 2 unspecified atom stereocenters. The van der Waals surface area contributed by atoms with Gasteiger partial charge in [-0.1, -0.05) is 6.08 Å². The molecule has 1 aromatic heterocycles. The van der Waals surface area contributed by atoms with Gasteiger partial charge in [0.05, 0.1) is 12.2 Å². The Morgan fingerprint density at radius 1 is 1.50 bits per heavy atom. The van der Waals surface area contributed by atoms with E-state index in [9.17, 15) is 4.79 Å². The van der Waals surface area contributed by atoms with Gasteiger partial charge in [-0.3, -0.25) is 4.79 Å². The van der Waals surface area contributed by atoms with Crippen molar-refractivity contribution in [2.45, 2.75) is 38.7 Å². The lowest BCUT2D eigenvalue weighted by atomic mass is 9.76. The molecule has 0 bridgehead atoms. The Kier molecular flexibility index (Phi) is 2.77. The maximum atomic E-state index is 11.9. The molecule has 96 valence electrons. The second-order valence-corrected chi connectivity index (χ2v) is 5.34.